The highest BCUT2D eigenvalue weighted by Gasteiger charge is 2.24. The summed E-state index contributed by atoms with van der Waals surface area (Å²) < 4.78 is 5.62. The highest BCUT2D eigenvalue weighted by molar-refractivity contribution is 5.79. The van der Waals surface area contributed by atoms with Gasteiger partial charge < -0.3 is 10.5 Å². The van der Waals surface area contributed by atoms with E-state index in [0.717, 1.165) is 25.2 Å². The van der Waals surface area contributed by atoms with Crippen molar-refractivity contribution in [3.63, 3.8) is 0 Å². The van der Waals surface area contributed by atoms with Gasteiger partial charge in [-0.2, -0.15) is 0 Å². The third-order valence-electron chi connectivity index (χ3n) is 3.95. The molecule has 4 nitrogen and oxygen atoms in total. The predicted molar refractivity (Wildman–Crippen MR) is 80.5 cm³/mol. The molecule has 1 saturated heterocycles. The summed E-state index contributed by atoms with van der Waals surface area (Å²) in [4.78, 5) is 6.79. The van der Waals surface area contributed by atoms with Crippen LogP contribution in [-0.4, -0.2) is 42.2 Å². The number of morpholine rings is 1. The second-order valence-corrected chi connectivity index (χ2v) is 5.38. The van der Waals surface area contributed by atoms with Crippen molar-refractivity contribution in [3.05, 3.63) is 42.1 Å². The number of ether oxygens (including phenoxy) is 1. The Balaban J connectivity index is 1.90. The van der Waals surface area contributed by atoms with E-state index in [1.807, 2.05) is 12.3 Å². The van der Waals surface area contributed by atoms with Gasteiger partial charge in [-0.25, -0.2) is 0 Å². The van der Waals surface area contributed by atoms with Crippen molar-refractivity contribution < 1.29 is 4.74 Å². The zero-order valence-electron chi connectivity index (χ0n) is 11.8. The first kappa shape index (κ1) is 13.5. The van der Waals surface area contributed by atoms with Crippen molar-refractivity contribution in [3.8, 4) is 0 Å². The molecular formula is C16H21N3O. The van der Waals surface area contributed by atoms with Crippen molar-refractivity contribution in [2.24, 2.45) is 5.73 Å². The summed E-state index contributed by atoms with van der Waals surface area (Å²) in [5.41, 5.74) is 8.32. The van der Waals surface area contributed by atoms with E-state index in [4.69, 9.17) is 10.5 Å². The maximum absolute atomic E-state index is 6.03. The third kappa shape index (κ3) is 2.68. The molecule has 1 fully saturated rings. The van der Waals surface area contributed by atoms with E-state index in [9.17, 15) is 0 Å². The minimum atomic E-state index is 0.256. The second-order valence-electron chi connectivity index (χ2n) is 5.38. The van der Waals surface area contributed by atoms with Crippen molar-refractivity contribution >= 4 is 10.9 Å². The van der Waals surface area contributed by atoms with Gasteiger partial charge >= 0.3 is 0 Å². The van der Waals surface area contributed by atoms with Crippen LogP contribution in [0.2, 0.25) is 0 Å². The van der Waals surface area contributed by atoms with Gasteiger partial charge in [0.25, 0.3) is 0 Å². The summed E-state index contributed by atoms with van der Waals surface area (Å²) in [5.74, 6) is 0. The summed E-state index contributed by atoms with van der Waals surface area (Å²) >= 11 is 0. The van der Waals surface area contributed by atoms with Gasteiger partial charge in [-0.05, 0) is 30.7 Å². The number of aromatic nitrogens is 1. The van der Waals surface area contributed by atoms with Gasteiger partial charge in [-0.15, -0.1) is 0 Å². The number of hydrogen-bond donors (Lipinski definition) is 1. The molecule has 1 aliphatic heterocycles. The fourth-order valence-electron chi connectivity index (χ4n) is 2.93. The van der Waals surface area contributed by atoms with E-state index >= 15 is 0 Å². The maximum atomic E-state index is 6.03. The van der Waals surface area contributed by atoms with Crippen LogP contribution in [0.25, 0.3) is 10.9 Å². The molecule has 2 atom stereocenters. The summed E-state index contributed by atoms with van der Waals surface area (Å²) in [7, 11) is 0. The van der Waals surface area contributed by atoms with Gasteiger partial charge in [0.05, 0.1) is 18.2 Å². The molecule has 3 rings (SSSR count). The third-order valence-corrected chi connectivity index (χ3v) is 3.95. The lowest BCUT2D eigenvalue weighted by Gasteiger charge is -2.37. The van der Waals surface area contributed by atoms with Gasteiger partial charge in [0, 0.05) is 37.3 Å². The largest absolute Gasteiger partial charge is 0.376 e. The molecular weight excluding hydrogens is 250 g/mol. The Bertz CT molecular complexity index is 587. The smallest absolute Gasteiger partial charge is 0.0702 e. The lowest BCUT2D eigenvalue weighted by Crippen LogP contribution is -2.45. The number of fused-ring (bicyclic) bond motifs is 1. The number of benzene rings is 1. The molecule has 2 aromatic rings. The fraction of sp³-hybridized carbons (Fsp3) is 0.438. The van der Waals surface area contributed by atoms with Crippen LogP contribution in [0, 0.1) is 0 Å². The Morgan fingerprint density at radius 3 is 3.15 bits per heavy atom. The number of hydrogen-bond acceptors (Lipinski definition) is 4. The molecule has 4 heteroatoms. The van der Waals surface area contributed by atoms with Crippen LogP contribution < -0.4 is 5.73 Å². The Morgan fingerprint density at radius 2 is 2.35 bits per heavy atom. The number of rotatable bonds is 3. The molecule has 0 radical (unpaired) electrons. The molecule has 2 heterocycles. The Labute approximate surface area is 119 Å². The van der Waals surface area contributed by atoms with E-state index in [2.05, 4.69) is 41.1 Å². The highest BCUT2D eigenvalue weighted by Crippen LogP contribution is 2.25. The second kappa shape index (κ2) is 5.87. The van der Waals surface area contributed by atoms with Crippen molar-refractivity contribution in [2.75, 3.05) is 26.2 Å². The Morgan fingerprint density at radius 1 is 1.45 bits per heavy atom. The van der Waals surface area contributed by atoms with Crippen molar-refractivity contribution in [1.29, 1.82) is 0 Å². The first-order valence-corrected chi connectivity index (χ1v) is 7.18. The lowest BCUT2D eigenvalue weighted by atomic mass is 10.0. The van der Waals surface area contributed by atoms with E-state index in [1.54, 1.807) is 0 Å². The highest BCUT2D eigenvalue weighted by atomic mass is 16.5. The van der Waals surface area contributed by atoms with Crippen LogP contribution in [0.5, 0.6) is 0 Å². The average molecular weight is 271 g/mol. The van der Waals surface area contributed by atoms with Crippen molar-refractivity contribution in [2.45, 2.75) is 19.1 Å². The lowest BCUT2D eigenvalue weighted by molar-refractivity contribution is -0.0332. The zero-order chi connectivity index (χ0) is 13.9. The van der Waals surface area contributed by atoms with Crippen LogP contribution in [-0.2, 0) is 4.74 Å². The van der Waals surface area contributed by atoms with Crippen molar-refractivity contribution in [1.82, 2.24) is 9.88 Å². The minimum absolute atomic E-state index is 0.256. The van der Waals surface area contributed by atoms with Gasteiger partial charge in [-0.1, -0.05) is 12.1 Å². The average Bonchev–Trinajstić information content (AvgIpc) is 2.48. The summed E-state index contributed by atoms with van der Waals surface area (Å²) in [6, 6.07) is 10.8. The van der Waals surface area contributed by atoms with Gasteiger partial charge in [-0.3, -0.25) is 9.88 Å². The minimum Gasteiger partial charge on any atom is -0.376 e. The number of nitrogens with two attached hydrogens (primary N) is 1. The van der Waals surface area contributed by atoms with E-state index < -0.39 is 0 Å². The summed E-state index contributed by atoms with van der Waals surface area (Å²) in [6.45, 7) is 5.40. The van der Waals surface area contributed by atoms with Crippen LogP contribution in [0.4, 0.5) is 0 Å². The van der Waals surface area contributed by atoms with E-state index in [-0.39, 0.29) is 12.1 Å². The van der Waals surface area contributed by atoms with Gasteiger partial charge in [0.2, 0.25) is 0 Å². The van der Waals surface area contributed by atoms with Gasteiger partial charge in [0.15, 0.2) is 0 Å². The molecule has 1 aromatic heterocycles. The predicted octanol–water partition coefficient (Wildman–Crippen LogP) is 1.96. The standard InChI is InChI=1S/C16H21N3O/c1-12-11-19(7-8-20-12)16(10-17)14-4-5-15-13(9-14)3-2-6-18-15/h2-6,9,12,16H,7-8,10-11,17H2,1H3. The zero-order valence-corrected chi connectivity index (χ0v) is 11.8. The fourth-order valence-corrected chi connectivity index (χ4v) is 2.93. The Kier molecular flexibility index (Phi) is 3.96. The number of nitrogens with zero attached hydrogens (tertiary/aromatic N) is 2. The summed E-state index contributed by atoms with van der Waals surface area (Å²) in [6.07, 6.45) is 2.10. The molecule has 0 aliphatic carbocycles. The first-order valence-electron chi connectivity index (χ1n) is 7.18. The molecule has 0 saturated carbocycles. The molecule has 1 aliphatic rings. The van der Waals surface area contributed by atoms with Crippen LogP contribution >= 0.6 is 0 Å². The molecule has 106 valence electrons. The molecule has 2 unspecified atom stereocenters. The first-order chi connectivity index (χ1) is 9.78. The molecule has 2 N–H and O–H groups in total. The maximum Gasteiger partial charge on any atom is 0.0702 e. The van der Waals surface area contributed by atoms with Crippen LogP contribution in [0.15, 0.2) is 36.5 Å². The SMILES string of the molecule is CC1CN(C(CN)c2ccc3ncccc3c2)CCO1. The van der Waals surface area contributed by atoms with E-state index in [0.29, 0.717) is 6.54 Å². The molecule has 20 heavy (non-hydrogen) atoms. The summed E-state index contributed by atoms with van der Waals surface area (Å²) in [5, 5.41) is 1.17. The Hall–Kier alpha value is -1.49. The molecule has 1 aromatic carbocycles. The monoisotopic (exact) mass is 271 g/mol. The normalized spacial score (nSPS) is 22.0. The van der Waals surface area contributed by atoms with Gasteiger partial charge in [0.1, 0.15) is 0 Å². The van der Waals surface area contributed by atoms with E-state index in [1.165, 1.54) is 10.9 Å². The topological polar surface area (TPSA) is 51.4 Å². The molecule has 0 bridgehead atoms. The van der Waals surface area contributed by atoms with Crippen LogP contribution in [0.1, 0.15) is 18.5 Å². The molecule has 0 amide bonds. The van der Waals surface area contributed by atoms with Crippen LogP contribution in [0.3, 0.4) is 0 Å². The molecule has 0 spiro atoms. The number of pyridine rings is 1. The quantitative estimate of drug-likeness (QED) is 0.927.